The van der Waals surface area contributed by atoms with Crippen LogP contribution < -0.4 is 0 Å². The minimum Gasteiger partial charge on any atom is -0.296 e. The van der Waals surface area contributed by atoms with Crippen LogP contribution in [0.5, 0.6) is 0 Å². The molecule has 0 unspecified atom stereocenters. The first-order chi connectivity index (χ1) is 8.86. The summed E-state index contributed by atoms with van der Waals surface area (Å²) in [7, 11) is 0. The predicted molar refractivity (Wildman–Crippen MR) is 75.4 cm³/mol. The van der Waals surface area contributed by atoms with Crippen LogP contribution in [0, 0.1) is 6.07 Å². The summed E-state index contributed by atoms with van der Waals surface area (Å²) in [5.74, 6) is 0. The molecule has 0 amide bonds. The Bertz CT molecular complexity index is 691. The number of hydrogen-bond donors (Lipinski definition) is 0. The van der Waals surface area contributed by atoms with E-state index in [-0.39, 0.29) is 20.1 Å². The molecule has 97 valence electrons. The van der Waals surface area contributed by atoms with Gasteiger partial charge in [0.2, 0.25) is 0 Å². The van der Waals surface area contributed by atoms with Crippen LogP contribution in [0.2, 0.25) is 0 Å². The maximum absolute atomic E-state index is 4.69. The quantitative estimate of drug-likeness (QED) is 0.560. The molecule has 1 aromatic heterocycles. The normalized spacial score (nSPS) is 10.2. The van der Waals surface area contributed by atoms with Crippen LogP contribution in [0.4, 0.5) is 0 Å². The fourth-order valence-corrected chi connectivity index (χ4v) is 2.10. The van der Waals surface area contributed by atoms with Crippen molar-refractivity contribution in [2.45, 2.75) is 13.3 Å². The average Bonchev–Trinajstić information content (AvgIpc) is 2.47. The van der Waals surface area contributed by atoms with Gasteiger partial charge in [0.1, 0.15) is 0 Å². The SMILES string of the molecule is CCc1cc[c-]c(-c2ccc3ccccc3n2)c1.[Ir]. The third-order valence-corrected chi connectivity index (χ3v) is 3.15. The van der Waals surface area contributed by atoms with Crippen LogP contribution in [-0.4, -0.2) is 4.98 Å². The molecule has 0 N–H and O–H groups in total. The summed E-state index contributed by atoms with van der Waals surface area (Å²) < 4.78 is 0. The number of nitrogens with zero attached hydrogens (tertiary/aromatic N) is 1. The van der Waals surface area contributed by atoms with Crippen LogP contribution in [0.3, 0.4) is 0 Å². The van der Waals surface area contributed by atoms with Crippen molar-refractivity contribution < 1.29 is 20.1 Å². The summed E-state index contributed by atoms with van der Waals surface area (Å²) in [6.07, 6.45) is 1.04. The molecule has 3 aromatic rings. The van der Waals surface area contributed by atoms with Gasteiger partial charge in [-0.25, -0.2) is 0 Å². The topological polar surface area (TPSA) is 12.9 Å². The van der Waals surface area contributed by atoms with Crippen molar-refractivity contribution in [3.8, 4) is 11.3 Å². The van der Waals surface area contributed by atoms with E-state index in [1.807, 2.05) is 24.3 Å². The zero-order valence-corrected chi connectivity index (χ0v) is 13.1. The first-order valence-electron chi connectivity index (χ1n) is 6.23. The first kappa shape index (κ1) is 13.9. The molecule has 0 spiro atoms. The van der Waals surface area contributed by atoms with Gasteiger partial charge in [-0.15, -0.1) is 35.4 Å². The van der Waals surface area contributed by atoms with E-state index in [2.05, 4.69) is 48.3 Å². The molecule has 0 bridgehead atoms. The number of para-hydroxylation sites is 1. The number of aromatic nitrogens is 1. The second kappa shape index (κ2) is 6.10. The molecule has 2 heteroatoms. The molecule has 0 aliphatic rings. The van der Waals surface area contributed by atoms with Crippen molar-refractivity contribution in [3.05, 3.63) is 66.2 Å². The monoisotopic (exact) mass is 425 g/mol. The molecule has 0 atom stereocenters. The number of fused-ring (bicyclic) bond motifs is 1. The average molecular weight is 425 g/mol. The predicted octanol–water partition coefficient (Wildman–Crippen LogP) is 4.26. The van der Waals surface area contributed by atoms with Crippen LogP contribution in [0.15, 0.2) is 54.6 Å². The zero-order chi connectivity index (χ0) is 12.4. The van der Waals surface area contributed by atoms with Crippen molar-refractivity contribution in [2.24, 2.45) is 0 Å². The molecule has 0 saturated carbocycles. The Morgan fingerprint density at radius 3 is 2.74 bits per heavy atom. The van der Waals surface area contributed by atoms with Gasteiger partial charge in [0, 0.05) is 20.1 Å². The molecule has 19 heavy (non-hydrogen) atoms. The Kier molecular flexibility index (Phi) is 4.47. The van der Waals surface area contributed by atoms with Gasteiger partial charge >= 0.3 is 0 Å². The Hall–Kier alpha value is -1.50. The van der Waals surface area contributed by atoms with E-state index in [4.69, 9.17) is 0 Å². The fourth-order valence-electron chi connectivity index (χ4n) is 2.10. The largest absolute Gasteiger partial charge is 0.296 e. The first-order valence-corrected chi connectivity index (χ1v) is 6.23. The number of rotatable bonds is 2. The number of aryl methyl sites for hydroxylation is 1. The molecule has 2 aromatic carbocycles. The van der Waals surface area contributed by atoms with Gasteiger partial charge in [-0.3, -0.25) is 4.98 Å². The van der Waals surface area contributed by atoms with E-state index in [0.29, 0.717) is 0 Å². The maximum Gasteiger partial charge on any atom is 0.0595 e. The van der Waals surface area contributed by atoms with E-state index in [1.54, 1.807) is 0 Å². The standard InChI is InChI=1S/C17H14N.Ir/c1-2-13-6-5-8-15(12-13)17-11-10-14-7-3-4-9-16(14)18-17;/h3-7,9-12H,2H2,1H3;/q-1;. The van der Waals surface area contributed by atoms with Gasteiger partial charge in [0.05, 0.1) is 5.52 Å². The molecule has 1 nitrogen and oxygen atoms in total. The Morgan fingerprint density at radius 2 is 1.89 bits per heavy atom. The molecular formula is C17H14IrN-. The Labute approximate surface area is 127 Å². The van der Waals surface area contributed by atoms with Crippen molar-refractivity contribution in [1.29, 1.82) is 0 Å². The number of hydrogen-bond acceptors (Lipinski definition) is 1. The molecular weight excluding hydrogens is 410 g/mol. The molecule has 0 fully saturated rings. The molecule has 3 rings (SSSR count). The third-order valence-electron chi connectivity index (χ3n) is 3.15. The molecule has 1 radical (unpaired) electrons. The van der Waals surface area contributed by atoms with E-state index < -0.39 is 0 Å². The summed E-state index contributed by atoms with van der Waals surface area (Å²) in [5.41, 5.74) is 4.41. The van der Waals surface area contributed by atoms with Gasteiger partial charge in [-0.1, -0.05) is 37.3 Å². The van der Waals surface area contributed by atoms with Gasteiger partial charge in [-0.05, 0) is 23.6 Å². The van der Waals surface area contributed by atoms with E-state index in [0.717, 1.165) is 23.2 Å². The van der Waals surface area contributed by atoms with E-state index >= 15 is 0 Å². The maximum atomic E-state index is 4.69. The molecule has 1 heterocycles. The van der Waals surface area contributed by atoms with Crippen LogP contribution >= 0.6 is 0 Å². The summed E-state index contributed by atoms with van der Waals surface area (Å²) >= 11 is 0. The molecule has 0 saturated heterocycles. The van der Waals surface area contributed by atoms with E-state index in [1.165, 1.54) is 10.9 Å². The zero-order valence-electron chi connectivity index (χ0n) is 10.7. The Balaban J connectivity index is 0.00000133. The van der Waals surface area contributed by atoms with Crippen molar-refractivity contribution in [2.75, 3.05) is 0 Å². The summed E-state index contributed by atoms with van der Waals surface area (Å²) in [6.45, 7) is 2.16. The van der Waals surface area contributed by atoms with Crippen LogP contribution in [0.1, 0.15) is 12.5 Å². The van der Waals surface area contributed by atoms with Crippen molar-refractivity contribution in [1.82, 2.24) is 4.98 Å². The second-order valence-electron chi connectivity index (χ2n) is 4.35. The minimum absolute atomic E-state index is 0. The minimum atomic E-state index is 0. The Morgan fingerprint density at radius 1 is 1.05 bits per heavy atom. The smallest absolute Gasteiger partial charge is 0.0595 e. The van der Waals surface area contributed by atoms with Crippen molar-refractivity contribution >= 4 is 10.9 Å². The summed E-state index contributed by atoms with van der Waals surface area (Å²) in [4.78, 5) is 4.69. The van der Waals surface area contributed by atoms with Crippen LogP contribution in [0.25, 0.3) is 22.2 Å². The van der Waals surface area contributed by atoms with Crippen molar-refractivity contribution in [3.63, 3.8) is 0 Å². The van der Waals surface area contributed by atoms with Gasteiger partial charge in [0.15, 0.2) is 0 Å². The van der Waals surface area contributed by atoms with Gasteiger partial charge in [-0.2, -0.15) is 0 Å². The number of pyridine rings is 1. The van der Waals surface area contributed by atoms with Gasteiger partial charge < -0.3 is 0 Å². The summed E-state index contributed by atoms with van der Waals surface area (Å²) in [5, 5.41) is 1.17. The van der Waals surface area contributed by atoms with Crippen LogP contribution in [-0.2, 0) is 26.5 Å². The van der Waals surface area contributed by atoms with E-state index in [9.17, 15) is 0 Å². The molecule has 0 aliphatic carbocycles. The van der Waals surface area contributed by atoms with Gasteiger partial charge in [0.25, 0.3) is 0 Å². The second-order valence-corrected chi connectivity index (χ2v) is 4.35. The molecule has 0 aliphatic heterocycles. The fraction of sp³-hybridized carbons (Fsp3) is 0.118. The number of benzene rings is 2. The summed E-state index contributed by atoms with van der Waals surface area (Å²) in [6, 6.07) is 21.9. The third kappa shape index (κ3) is 2.91.